The molecule has 0 unspecified atom stereocenters. The van der Waals surface area contributed by atoms with Gasteiger partial charge in [-0.2, -0.15) is 9.40 Å². The summed E-state index contributed by atoms with van der Waals surface area (Å²) in [7, 11) is -2.03. The number of hydrogen-bond acceptors (Lipinski definition) is 7. The molecule has 1 fully saturated rings. The van der Waals surface area contributed by atoms with Crippen LogP contribution in [0.15, 0.2) is 29.3 Å². The number of sulfonamides is 1. The second kappa shape index (κ2) is 7.86. The number of rotatable bonds is 4. The van der Waals surface area contributed by atoms with Crippen molar-refractivity contribution in [1.29, 1.82) is 0 Å². The minimum atomic E-state index is -3.70. The number of nitro benzene ring substituents is 1. The number of aryl methyl sites for hydroxylation is 1. The SMILES string of the molecule is Cc1c(S(=O)(=O)N2CCN(C(=O)c3sc4cc([N+](=O)[O-])ccc4c3Cl)CC2)cnn1C. The Morgan fingerprint density at radius 1 is 1.26 bits per heavy atom. The van der Waals surface area contributed by atoms with Crippen molar-refractivity contribution in [2.24, 2.45) is 7.05 Å². The molecule has 4 rings (SSSR count). The third-order valence-corrected chi connectivity index (χ3v) is 9.00. The predicted octanol–water partition coefficient (Wildman–Crippen LogP) is 2.65. The molecule has 13 heteroatoms. The van der Waals surface area contributed by atoms with E-state index < -0.39 is 14.9 Å². The molecular weight excluding hydrogens is 466 g/mol. The zero-order valence-corrected chi connectivity index (χ0v) is 19.0. The van der Waals surface area contributed by atoms with Gasteiger partial charge < -0.3 is 4.90 Å². The Morgan fingerprint density at radius 3 is 2.52 bits per heavy atom. The molecule has 164 valence electrons. The van der Waals surface area contributed by atoms with Crippen molar-refractivity contribution in [3.63, 3.8) is 0 Å². The maximum absolute atomic E-state index is 13.0. The summed E-state index contributed by atoms with van der Waals surface area (Å²) >= 11 is 7.48. The average molecular weight is 484 g/mol. The number of nitrogens with zero attached hydrogens (tertiary/aromatic N) is 5. The van der Waals surface area contributed by atoms with Gasteiger partial charge in [-0.25, -0.2) is 8.42 Å². The normalized spacial score (nSPS) is 15.5. The highest BCUT2D eigenvalue weighted by molar-refractivity contribution is 7.89. The van der Waals surface area contributed by atoms with Gasteiger partial charge in [-0.05, 0) is 13.0 Å². The molecule has 31 heavy (non-hydrogen) atoms. The predicted molar refractivity (Wildman–Crippen MR) is 116 cm³/mol. The summed E-state index contributed by atoms with van der Waals surface area (Å²) in [5.41, 5.74) is 0.471. The lowest BCUT2D eigenvalue weighted by Gasteiger charge is -2.33. The Balaban J connectivity index is 1.53. The van der Waals surface area contributed by atoms with Crippen molar-refractivity contribution >= 4 is 54.6 Å². The summed E-state index contributed by atoms with van der Waals surface area (Å²) < 4.78 is 29.2. The molecule has 2 aromatic heterocycles. The highest BCUT2D eigenvalue weighted by atomic mass is 35.5. The second-order valence-corrected chi connectivity index (χ2v) is 10.4. The van der Waals surface area contributed by atoms with Crippen LogP contribution in [0.3, 0.4) is 0 Å². The zero-order chi connectivity index (χ0) is 22.5. The Morgan fingerprint density at radius 2 is 1.94 bits per heavy atom. The Kier molecular flexibility index (Phi) is 5.50. The lowest BCUT2D eigenvalue weighted by atomic mass is 10.2. The average Bonchev–Trinajstić information content (AvgIpc) is 3.26. The van der Waals surface area contributed by atoms with E-state index in [1.165, 1.54) is 33.4 Å². The summed E-state index contributed by atoms with van der Waals surface area (Å²) in [6.45, 7) is 2.41. The van der Waals surface area contributed by atoms with E-state index in [9.17, 15) is 23.3 Å². The summed E-state index contributed by atoms with van der Waals surface area (Å²) in [4.78, 5) is 25.5. The number of hydrogen-bond donors (Lipinski definition) is 0. The van der Waals surface area contributed by atoms with E-state index in [0.717, 1.165) is 11.3 Å². The van der Waals surface area contributed by atoms with Crippen LogP contribution in [-0.2, 0) is 17.1 Å². The fourth-order valence-electron chi connectivity index (χ4n) is 3.45. The van der Waals surface area contributed by atoms with Crippen LogP contribution in [0.5, 0.6) is 0 Å². The monoisotopic (exact) mass is 483 g/mol. The number of aromatic nitrogens is 2. The van der Waals surface area contributed by atoms with E-state index in [1.54, 1.807) is 18.9 Å². The van der Waals surface area contributed by atoms with Gasteiger partial charge in [0, 0.05) is 55.4 Å². The third-order valence-electron chi connectivity index (χ3n) is 5.35. The molecule has 1 aromatic carbocycles. The number of benzene rings is 1. The van der Waals surface area contributed by atoms with Crippen molar-refractivity contribution < 1.29 is 18.1 Å². The van der Waals surface area contributed by atoms with E-state index in [0.29, 0.717) is 15.8 Å². The number of non-ortho nitro benzene ring substituents is 1. The summed E-state index contributed by atoms with van der Waals surface area (Å²) in [5.74, 6) is -0.316. The molecule has 3 heterocycles. The van der Waals surface area contributed by atoms with E-state index in [1.807, 2.05) is 0 Å². The summed E-state index contributed by atoms with van der Waals surface area (Å²) in [6, 6.07) is 4.27. The van der Waals surface area contributed by atoms with Crippen LogP contribution in [0.1, 0.15) is 15.4 Å². The van der Waals surface area contributed by atoms with Gasteiger partial charge in [0.15, 0.2) is 0 Å². The molecular formula is C18H18ClN5O5S2. The first-order valence-corrected chi connectivity index (χ1v) is 11.9. The fourth-order valence-corrected chi connectivity index (χ4v) is 6.57. The standard InChI is InChI=1S/C18H18ClN5O5S2/c1-11-15(10-20-21(11)2)31(28,29)23-7-5-22(6-8-23)18(25)17-16(19)13-4-3-12(24(26)27)9-14(13)30-17/h3-4,9-10H,5-8H2,1-2H3. The Hall–Kier alpha value is -2.54. The van der Waals surface area contributed by atoms with Gasteiger partial charge in [0.1, 0.15) is 9.77 Å². The molecule has 1 aliphatic heterocycles. The van der Waals surface area contributed by atoms with Crippen LogP contribution in [0.2, 0.25) is 5.02 Å². The van der Waals surface area contributed by atoms with E-state index >= 15 is 0 Å². The Labute approximate surface area is 186 Å². The van der Waals surface area contributed by atoms with Crippen molar-refractivity contribution in [3.05, 3.63) is 50.1 Å². The number of carbonyl (C=O) groups is 1. The topological polar surface area (TPSA) is 119 Å². The van der Waals surface area contributed by atoms with Gasteiger partial charge in [-0.3, -0.25) is 19.6 Å². The number of amides is 1. The largest absolute Gasteiger partial charge is 0.335 e. The smallest absolute Gasteiger partial charge is 0.270 e. The van der Waals surface area contributed by atoms with Crippen LogP contribution in [0.4, 0.5) is 5.69 Å². The molecule has 0 bridgehead atoms. The molecule has 10 nitrogen and oxygen atoms in total. The van der Waals surface area contributed by atoms with Gasteiger partial charge in [-0.15, -0.1) is 11.3 Å². The Bertz CT molecular complexity index is 1310. The van der Waals surface area contributed by atoms with Gasteiger partial charge in [0.05, 0.1) is 21.8 Å². The molecule has 1 amide bonds. The number of thiophene rings is 1. The number of piperazine rings is 1. The van der Waals surface area contributed by atoms with Gasteiger partial charge in [0.25, 0.3) is 11.6 Å². The maximum Gasteiger partial charge on any atom is 0.270 e. The number of halogens is 1. The van der Waals surface area contributed by atoms with Crippen molar-refractivity contribution in [3.8, 4) is 0 Å². The molecule has 0 atom stereocenters. The van der Waals surface area contributed by atoms with Crippen LogP contribution >= 0.6 is 22.9 Å². The van der Waals surface area contributed by atoms with Crippen molar-refractivity contribution in [1.82, 2.24) is 19.0 Å². The quantitative estimate of drug-likeness (QED) is 0.415. The highest BCUT2D eigenvalue weighted by Crippen LogP contribution is 2.38. The third kappa shape index (κ3) is 3.69. The number of nitro groups is 1. The lowest BCUT2D eigenvalue weighted by Crippen LogP contribution is -2.50. The van der Waals surface area contributed by atoms with Crippen LogP contribution in [0, 0.1) is 17.0 Å². The minimum Gasteiger partial charge on any atom is -0.335 e. The molecule has 0 spiro atoms. The van der Waals surface area contributed by atoms with E-state index in [4.69, 9.17) is 11.6 Å². The summed E-state index contributed by atoms with van der Waals surface area (Å²) in [6.07, 6.45) is 1.33. The van der Waals surface area contributed by atoms with Gasteiger partial charge in [-0.1, -0.05) is 11.6 Å². The molecule has 1 saturated heterocycles. The molecule has 0 radical (unpaired) electrons. The van der Waals surface area contributed by atoms with Crippen molar-refractivity contribution in [2.45, 2.75) is 11.8 Å². The number of carbonyl (C=O) groups excluding carboxylic acids is 1. The zero-order valence-electron chi connectivity index (χ0n) is 16.6. The first kappa shape index (κ1) is 21.7. The van der Waals surface area contributed by atoms with Gasteiger partial charge in [0.2, 0.25) is 10.0 Å². The van der Waals surface area contributed by atoms with E-state index in [2.05, 4.69) is 5.10 Å². The fraction of sp³-hybridized carbons (Fsp3) is 0.333. The molecule has 3 aromatic rings. The number of fused-ring (bicyclic) bond motifs is 1. The van der Waals surface area contributed by atoms with Crippen LogP contribution in [-0.4, -0.2) is 64.4 Å². The van der Waals surface area contributed by atoms with Crippen LogP contribution in [0.25, 0.3) is 10.1 Å². The van der Waals surface area contributed by atoms with E-state index in [-0.39, 0.29) is 52.6 Å². The molecule has 1 aliphatic rings. The summed E-state index contributed by atoms with van der Waals surface area (Å²) in [5, 5.41) is 15.8. The van der Waals surface area contributed by atoms with Gasteiger partial charge >= 0.3 is 0 Å². The second-order valence-electron chi connectivity index (χ2n) is 7.10. The van der Waals surface area contributed by atoms with Crippen molar-refractivity contribution in [2.75, 3.05) is 26.2 Å². The van der Waals surface area contributed by atoms with Crippen LogP contribution < -0.4 is 0 Å². The molecule has 0 N–H and O–H groups in total. The molecule has 0 aliphatic carbocycles. The first-order chi connectivity index (χ1) is 14.6. The first-order valence-electron chi connectivity index (χ1n) is 9.25. The highest BCUT2D eigenvalue weighted by Gasteiger charge is 2.33. The lowest BCUT2D eigenvalue weighted by molar-refractivity contribution is -0.384. The molecule has 0 saturated carbocycles. The maximum atomic E-state index is 13.0. The minimum absolute atomic E-state index is 0.0751.